The molecule has 1 aliphatic rings. The van der Waals surface area contributed by atoms with Gasteiger partial charge in [-0.25, -0.2) is 0 Å². The van der Waals surface area contributed by atoms with Gasteiger partial charge in [-0.3, -0.25) is 14.5 Å². The molecule has 0 saturated carbocycles. The molecule has 2 aromatic carbocycles. The van der Waals surface area contributed by atoms with Gasteiger partial charge in [-0.05, 0) is 44.1 Å². The predicted octanol–water partition coefficient (Wildman–Crippen LogP) is 4.47. The van der Waals surface area contributed by atoms with Gasteiger partial charge in [0.05, 0.1) is 17.9 Å². The Morgan fingerprint density at radius 3 is 2.27 bits per heavy atom. The topological polar surface area (TPSA) is 62.6 Å². The van der Waals surface area contributed by atoms with Gasteiger partial charge < -0.3 is 9.73 Å². The fraction of sp³-hybridized carbons (Fsp3) is 0.280. The maximum absolute atomic E-state index is 13.0. The molecule has 2 heterocycles. The smallest absolute Gasteiger partial charge is 0.252 e. The Labute approximate surface area is 176 Å². The lowest BCUT2D eigenvalue weighted by molar-refractivity contribution is 0.0906. The summed E-state index contributed by atoms with van der Waals surface area (Å²) in [6, 6.07) is 19.8. The van der Waals surface area contributed by atoms with Crippen LogP contribution in [0.25, 0.3) is 0 Å². The van der Waals surface area contributed by atoms with Crippen LogP contribution in [0.4, 0.5) is 0 Å². The lowest BCUT2D eigenvalue weighted by Gasteiger charge is -2.33. The van der Waals surface area contributed by atoms with Gasteiger partial charge in [0.2, 0.25) is 0 Å². The number of carbonyl (C=O) groups is 2. The number of hydrogen-bond donors (Lipinski definition) is 1. The lowest BCUT2D eigenvalue weighted by Crippen LogP contribution is -2.40. The fourth-order valence-corrected chi connectivity index (χ4v) is 4.03. The maximum Gasteiger partial charge on any atom is 0.252 e. The molecule has 5 nitrogen and oxygen atoms in total. The average molecular weight is 402 g/mol. The molecule has 1 saturated heterocycles. The summed E-state index contributed by atoms with van der Waals surface area (Å²) in [6.45, 7) is 2.41. The van der Waals surface area contributed by atoms with E-state index in [9.17, 15) is 9.59 Å². The van der Waals surface area contributed by atoms with Gasteiger partial charge in [-0.15, -0.1) is 0 Å². The zero-order valence-electron chi connectivity index (χ0n) is 16.9. The van der Waals surface area contributed by atoms with E-state index in [-0.39, 0.29) is 17.7 Å². The van der Waals surface area contributed by atoms with Gasteiger partial charge in [-0.2, -0.15) is 0 Å². The molecule has 1 fully saturated rings. The van der Waals surface area contributed by atoms with E-state index < -0.39 is 0 Å². The van der Waals surface area contributed by atoms with Gasteiger partial charge in [0.25, 0.3) is 5.91 Å². The number of benzene rings is 2. The Morgan fingerprint density at radius 1 is 0.867 bits per heavy atom. The van der Waals surface area contributed by atoms with E-state index in [2.05, 4.69) is 10.2 Å². The number of amides is 1. The number of ketones is 1. The van der Waals surface area contributed by atoms with Crippen molar-refractivity contribution >= 4 is 11.7 Å². The normalized spacial score (nSPS) is 15.5. The summed E-state index contributed by atoms with van der Waals surface area (Å²) in [4.78, 5) is 28.4. The number of nitrogens with one attached hydrogen (secondary N) is 1. The van der Waals surface area contributed by atoms with Crippen LogP contribution in [-0.4, -0.2) is 36.2 Å². The SMILES string of the molecule is O=C(NCC(c1ccco1)N1CCCCC1)c1ccccc1C(=O)c1ccccc1. The molecule has 5 heteroatoms. The predicted molar refractivity (Wildman–Crippen MR) is 116 cm³/mol. The lowest BCUT2D eigenvalue weighted by atomic mass is 9.98. The molecule has 0 spiro atoms. The van der Waals surface area contributed by atoms with E-state index >= 15 is 0 Å². The van der Waals surface area contributed by atoms with Crippen molar-refractivity contribution in [2.75, 3.05) is 19.6 Å². The molecule has 1 amide bonds. The first-order valence-electron chi connectivity index (χ1n) is 10.5. The Kier molecular flexibility index (Phi) is 6.40. The number of furan rings is 1. The quantitative estimate of drug-likeness (QED) is 0.593. The van der Waals surface area contributed by atoms with Crippen LogP contribution >= 0.6 is 0 Å². The molecule has 1 aliphatic heterocycles. The van der Waals surface area contributed by atoms with Crippen molar-refractivity contribution in [3.05, 3.63) is 95.4 Å². The molecular weight excluding hydrogens is 376 g/mol. The third-order valence-electron chi connectivity index (χ3n) is 5.61. The summed E-state index contributed by atoms with van der Waals surface area (Å²) in [5.74, 6) is 0.453. The summed E-state index contributed by atoms with van der Waals surface area (Å²) in [5.41, 5.74) is 1.37. The van der Waals surface area contributed by atoms with Crippen molar-refractivity contribution in [1.82, 2.24) is 10.2 Å². The molecular formula is C25H26N2O3. The van der Waals surface area contributed by atoms with Crippen LogP contribution in [0, 0.1) is 0 Å². The van der Waals surface area contributed by atoms with Crippen LogP contribution in [0.1, 0.15) is 57.3 Å². The van der Waals surface area contributed by atoms with Crippen LogP contribution in [0.5, 0.6) is 0 Å². The zero-order chi connectivity index (χ0) is 20.8. The van der Waals surface area contributed by atoms with Crippen LogP contribution in [0.2, 0.25) is 0 Å². The first-order chi connectivity index (χ1) is 14.7. The maximum atomic E-state index is 13.0. The van der Waals surface area contributed by atoms with Crippen LogP contribution in [-0.2, 0) is 0 Å². The molecule has 1 atom stereocenters. The molecule has 1 N–H and O–H groups in total. The molecule has 1 unspecified atom stereocenters. The standard InChI is InChI=1S/C25H26N2O3/c28-24(19-10-3-1-4-11-19)20-12-5-6-13-21(20)25(29)26-18-22(23-14-9-17-30-23)27-15-7-2-8-16-27/h1,3-6,9-14,17,22H,2,7-8,15-16,18H2,(H,26,29). The van der Waals surface area contributed by atoms with E-state index in [1.807, 2.05) is 30.3 Å². The van der Waals surface area contributed by atoms with Crippen LogP contribution < -0.4 is 5.32 Å². The monoisotopic (exact) mass is 402 g/mol. The number of piperidine rings is 1. The van der Waals surface area contributed by atoms with Gasteiger partial charge in [0.15, 0.2) is 5.78 Å². The number of hydrogen-bond acceptors (Lipinski definition) is 4. The minimum Gasteiger partial charge on any atom is -0.468 e. The number of likely N-dealkylation sites (tertiary alicyclic amines) is 1. The molecule has 4 rings (SSSR count). The Bertz CT molecular complexity index is 977. The highest BCUT2D eigenvalue weighted by atomic mass is 16.3. The molecule has 0 bridgehead atoms. The summed E-state index contributed by atoms with van der Waals surface area (Å²) in [7, 11) is 0. The van der Waals surface area contributed by atoms with Crippen molar-refractivity contribution in [1.29, 1.82) is 0 Å². The number of carbonyl (C=O) groups excluding carboxylic acids is 2. The third-order valence-corrected chi connectivity index (χ3v) is 5.61. The van der Waals surface area contributed by atoms with Gasteiger partial charge in [-0.1, -0.05) is 55.0 Å². The average Bonchev–Trinajstić information content (AvgIpc) is 3.34. The summed E-state index contributed by atoms with van der Waals surface area (Å²) < 4.78 is 5.66. The van der Waals surface area contributed by atoms with E-state index in [0.29, 0.717) is 23.2 Å². The molecule has 30 heavy (non-hydrogen) atoms. The summed E-state index contributed by atoms with van der Waals surface area (Å²) >= 11 is 0. The van der Waals surface area contributed by atoms with Crippen LogP contribution in [0.15, 0.2) is 77.4 Å². The zero-order valence-corrected chi connectivity index (χ0v) is 16.9. The first-order valence-corrected chi connectivity index (χ1v) is 10.5. The molecule has 1 aromatic heterocycles. The van der Waals surface area contributed by atoms with Crippen molar-refractivity contribution in [2.24, 2.45) is 0 Å². The van der Waals surface area contributed by atoms with E-state index in [1.165, 1.54) is 6.42 Å². The Balaban J connectivity index is 1.51. The molecule has 0 aliphatic carbocycles. The van der Waals surface area contributed by atoms with Crippen molar-refractivity contribution in [3.63, 3.8) is 0 Å². The third kappa shape index (κ3) is 4.52. The van der Waals surface area contributed by atoms with Crippen molar-refractivity contribution < 1.29 is 14.0 Å². The van der Waals surface area contributed by atoms with Gasteiger partial charge >= 0.3 is 0 Å². The van der Waals surface area contributed by atoms with Crippen molar-refractivity contribution in [2.45, 2.75) is 25.3 Å². The fourth-order valence-electron chi connectivity index (χ4n) is 4.03. The molecule has 0 radical (unpaired) electrons. The minimum atomic E-state index is -0.247. The summed E-state index contributed by atoms with van der Waals surface area (Å²) in [6.07, 6.45) is 5.21. The van der Waals surface area contributed by atoms with Gasteiger partial charge in [0, 0.05) is 17.7 Å². The Hall–Kier alpha value is -3.18. The second-order valence-corrected chi connectivity index (χ2v) is 7.58. The number of nitrogens with zero attached hydrogens (tertiary/aromatic N) is 1. The van der Waals surface area contributed by atoms with E-state index in [1.54, 1.807) is 42.7 Å². The largest absolute Gasteiger partial charge is 0.468 e. The van der Waals surface area contributed by atoms with E-state index in [0.717, 1.165) is 31.7 Å². The minimum absolute atomic E-state index is 0.0127. The molecule has 3 aromatic rings. The Morgan fingerprint density at radius 2 is 1.57 bits per heavy atom. The van der Waals surface area contributed by atoms with Crippen molar-refractivity contribution in [3.8, 4) is 0 Å². The number of rotatable bonds is 7. The second kappa shape index (κ2) is 9.55. The summed E-state index contributed by atoms with van der Waals surface area (Å²) in [5, 5.41) is 3.04. The first kappa shape index (κ1) is 20.1. The second-order valence-electron chi connectivity index (χ2n) is 7.58. The highest BCUT2D eigenvalue weighted by molar-refractivity contribution is 6.15. The van der Waals surface area contributed by atoms with Gasteiger partial charge in [0.1, 0.15) is 5.76 Å². The highest BCUT2D eigenvalue weighted by Gasteiger charge is 2.26. The highest BCUT2D eigenvalue weighted by Crippen LogP contribution is 2.25. The molecule has 154 valence electrons. The van der Waals surface area contributed by atoms with E-state index in [4.69, 9.17) is 4.42 Å². The van der Waals surface area contributed by atoms with Crippen LogP contribution in [0.3, 0.4) is 0 Å².